The van der Waals surface area contributed by atoms with E-state index < -0.39 is 6.04 Å². The second-order valence-corrected chi connectivity index (χ2v) is 7.99. The normalized spacial score (nSPS) is 20.2. The summed E-state index contributed by atoms with van der Waals surface area (Å²) in [5, 5.41) is 5.49. The van der Waals surface area contributed by atoms with E-state index in [0.29, 0.717) is 45.0 Å². The molecule has 29 heavy (non-hydrogen) atoms. The van der Waals surface area contributed by atoms with Gasteiger partial charge >= 0.3 is 0 Å². The molecular weight excluding hydrogens is 442 g/mol. The minimum atomic E-state index is -0.831. The Morgan fingerprint density at radius 2 is 1.83 bits per heavy atom. The second kappa shape index (κ2) is 9.84. The van der Waals surface area contributed by atoms with Gasteiger partial charge in [-0.1, -0.05) is 15.9 Å². The van der Waals surface area contributed by atoms with Gasteiger partial charge in [0.05, 0.1) is 13.0 Å². The molecule has 1 aromatic rings. The number of carbonyl (C=O) groups is 4. The monoisotopic (exact) mass is 465 g/mol. The minimum Gasteiger partial charge on any atom is -0.353 e. The van der Waals surface area contributed by atoms with Gasteiger partial charge < -0.3 is 20.4 Å². The maximum absolute atomic E-state index is 12.8. The summed E-state index contributed by atoms with van der Waals surface area (Å²) in [6, 6.07) is 6.30. The van der Waals surface area contributed by atoms with Crippen LogP contribution >= 0.6 is 15.9 Å². The summed E-state index contributed by atoms with van der Waals surface area (Å²) in [6.07, 6.45) is 0.709. The van der Waals surface area contributed by atoms with Crippen molar-refractivity contribution in [1.82, 2.24) is 20.0 Å². The molecule has 0 aliphatic carbocycles. The lowest BCUT2D eigenvalue weighted by atomic mass is 10.1. The molecule has 2 N–H and O–H groups in total. The van der Waals surface area contributed by atoms with E-state index in [1.165, 1.54) is 4.90 Å². The number of nitrogens with zero attached hydrogens (tertiary/aromatic N) is 3. The maximum atomic E-state index is 12.8. The van der Waals surface area contributed by atoms with E-state index in [-0.39, 0.29) is 30.7 Å². The van der Waals surface area contributed by atoms with Crippen molar-refractivity contribution < 1.29 is 19.2 Å². The molecule has 0 radical (unpaired) electrons. The number of amides is 4. The molecule has 2 aliphatic heterocycles. The highest BCUT2D eigenvalue weighted by Crippen LogP contribution is 2.16. The number of anilines is 1. The zero-order valence-corrected chi connectivity index (χ0v) is 17.6. The molecule has 1 atom stereocenters. The van der Waals surface area contributed by atoms with Crippen LogP contribution in [0.15, 0.2) is 28.7 Å². The summed E-state index contributed by atoms with van der Waals surface area (Å²) in [7, 11) is 0. The first-order valence-electron chi connectivity index (χ1n) is 9.50. The lowest BCUT2D eigenvalue weighted by Gasteiger charge is -2.37. The third-order valence-electron chi connectivity index (χ3n) is 5.07. The number of hydrogen-bond donors (Lipinski definition) is 2. The summed E-state index contributed by atoms with van der Waals surface area (Å²) < 4.78 is 0.896. The van der Waals surface area contributed by atoms with E-state index in [0.717, 1.165) is 10.9 Å². The lowest BCUT2D eigenvalue weighted by molar-refractivity contribution is -0.145. The predicted octanol–water partition coefficient (Wildman–Crippen LogP) is -0.121. The fourth-order valence-electron chi connectivity index (χ4n) is 3.45. The van der Waals surface area contributed by atoms with Gasteiger partial charge in [0.25, 0.3) is 0 Å². The molecule has 2 heterocycles. The molecular formula is C19H24BrN5O4. The Labute approximate surface area is 177 Å². The Balaban J connectivity index is 1.58. The molecule has 2 fully saturated rings. The molecule has 0 unspecified atom stereocenters. The van der Waals surface area contributed by atoms with Crippen LogP contribution in [0.4, 0.5) is 5.69 Å². The molecule has 1 aromatic carbocycles. The van der Waals surface area contributed by atoms with Crippen LogP contribution in [-0.4, -0.2) is 90.7 Å². The zero-order chi connectivity index (χ0) is 20.8. The highest BCUT2D eigenvalue weighted by molar-refractivity contribution is 9.10. The summed E-state index contributed by atoms with van der Waals surface area (Å²) >= 11 is 3.34. The molecule has 9 nitrogen and oxygen atoms in total. The molecule has 10 heteroatoms. The Morgan fingerprint density at radius 3 is 2.48 bits per heavy atom. The Kier molecular flexibility index (Phi) is 7.21. The number of nitrogens with one attached hydrogen (secondary N) is 2. The van der Waals surface area contributed by atoms with Gasteiger partial charge in [0.15, 0.2) is 0 Å². The van der Waals surface area contributed by atoms with Crippen LogP contribution in [0, 0.1) is 0 Å². The first kappa shape index (κ1) is 21.3. The van der Waals surface area contributed by atoms with Crippen molar-refractivity contribution in [2.75, 3.05) is 51.1 Å². The van der Waals surface area contributed by atoms with Gasteiger partial charge in [0, 0.05) is 49.4 Å². The van der Waals surface area contributed by atoms with Crippen LogP contribution in [0.2, 0.25) is 0 Å². The first-order valence-corrected chi connectivity index (χ1v) is 10.3. The predicted molar refractivity (Wildman–Crippen MR) is 110 cm³/mol. The molecule has 156 valence electrons. The van der Waals surface area contributed by atoms with Gasteiger partial charge in [-0.05, 0) is 24.3 Å². The highest BCUT2D eigenvalue weighted by atomic mass is 79.9. The molecule has 0 aromatic heterocycles. The van der Waals surface area contributed by atoms with Crippen molar-refractivity contribution in [3.8, 4) is 0 Å². The van der Waals surface area contributed by atoms with Gasteiger partial charge in [-0.2, -0.15) is 0 Å². The SMILES string of the molecule is O=CN1CCN(CC(=O)N2CCNC(=O)[C@@H]2CC(=O)Nc2ccc(Br)cc2)CC1. The van der Waals surface area contributed by atoms with Crippen molar-refractivity contribution in [2.45, 2.75) is 12.5 Å². The number of hydrogen-bond acceptors (Lipinski definition) is 5. The summed E-state index contributed by atoms with van der Waals surface area (Å²) in [5.41, 5.74) is 0.625. The minimum absolute atomic E-state index is 0.105. The van der Waals surface area contributed by atoms with Crippen LogP contribution in [0.25, 0.3) is 0 Å². The number of rotatable bonds is 6. The van der Waals surface area contributed by atoms with Gasteiger partial charge in [-0.15, -0.1) is 0 Å². The average Bonchev–Trinajstić information content (AvgIpc) is 2.71. The molecule has 2 saturated heterocycles. The average molecular weight is 466 g/mol. The van der Waals surface area contributed by atoms with Crippen LogP contribution in [0.5, 0.6) is 0 Å². The van der Waals surface area contributed by atoms with Crippen LogP contribution in [0.3, 0.4) is 0 Å². The third-order valence-corrected chi connectivity index (χ3v) is 5.60. The Morgan fingerprint density at radius 1 is 1.14 bits per heavy atom. The van der Waals surface area contributed by atoms with E-state index in [2.05, 4.69) is 26.6 Å². The molecule has 0 spiro atoms. The maximum Gasteiger partial charge on any atom is 0.243 e. The first-order chi connectivity index (χ1) is 14.0. The second-order valence-electron chi connectivity index (χ2n) is 7.07. The van der Waals surface area contributed by atoms with Gasteiger partial charge in [0.2, 0.25) is 24.1 Å². The van der Waals surface area contributed by atoms with Crippen LogP contribution in [0.1, 0.15) is 6.42 Å². The van der Waals surface area contributed by atoms with Crippen molar-refractivity contribution in [3.63, 3.8) is 0 Å². The van der Waals surface area contributed by atoms with Crippen LogP contribution < -0.4 is 10.6 Å². The van der Waals surface area contributed by atoms with Crippen molar-refractivity contribution >= 4 is 45.7 Å². The van der Waals surface area contributed by atoms with Gasteiger partial charge in [-0.25, -0.2) is 0 Å². The van der Waals surface area contributed by atoms with Crippen molar-refractivity contribution in [3.05, 3.63) is 28.7 Å². The van der Waals surface area contributed by atoms with E-state index in [1.54, 1.807) is 17.0 Å². The van der Waals surface area contributed by atoms with E-state index in [4.69, 9.17) is 0 Å². The largest absolute Gasteiger partial charge is 0.353 e. The van der Waals surface area contributed by atoms with Gasteiger partial charge in [-0.3, -0.25) is 24.1 Å². The highest BCUT2D eigenvalue weighted by Gasteiger charge is 2.35. The fraction of sp³-hybridized carbons (Fsp3) is 0.474. The molecule has 3 rings (SSSR count). The number of halogens is 1. The number of carbonyl (C=O) groups excluding carboxylic acids is 4. The zero-order valence-electron chi connectivity index (χ0n) is 16.0. The Hall–Kier alpha value is -2.46. The summed E-state index contributed by atoms with van der Waals surface area (Å²) in [5.74, 6) is -0.825. The Bertz CT molecular complexity index is 764. The van der Waals surface area contributed by atoms with Crippen molar-refractivity contribution in [1.29, 1.82) is 0 Å². The fourth-order valence-corrected chi connectivity index (χ4v) is 3.71. The standard InChI is InChI=1S/C19H24BrN5O4/c20-14-1-3-15(4-2-14)22-17(27)11-16-19(29)21-5-6-25(16)18(28)12-23-7-9-24(13-26)10-8-23/h1-4,13,16H,5-12H2,(H,21,29)(H,22,27)/t16-/m0/s1. The molecule has 0 bridgehead atoms. The number of benzene rings is 1. The van der Waals surface area contributed by atoms with E-state index in [9.17, 15) is 19.2 Å². The van der Waals surface area contributed by atoms with Crippen molar-refractivity contribution in [2.24, 2.45) is 0 Å². The molecule has 2 aliphatic rings. The quantitative estimate of drug-likeness (QED) is 0.570. The van der Waals surface area contributed by atoms with E-state index in [1.807, 2.05) is 17.0 Å². The number of piperazine rings is 2. The third kappa shape index (κ3) is 5.77. The summed E-state index contributed by atoms with van der Waals surface area (Å²) in [6.45, 7) is 3.29. The molecule has 0 saturated carbocycles. The summed E-state index contributed by atoms with van der Waals surface area (Å²) in [4.78, 5) is 53.6. The smallest absolute Gasteiger partial charge is 0.243 e. The van der Waals surface area contributed by atoms with Crippen LogP contribution in [-0.2, 0) is 19.2 Å². The van der Waals surface area contributed by atoms with E-state index >= 15 is 0 Å². The van der Waals surface area contributed by atoms with Gasteiger partial charge in [0.1, 0.15) is 6.04 Å². The molecule has 4 amide bonds. The topological polar surface area (TPSA) is 102 Å². The lowest BCUT2D eigenvalue weighted by Crippen LogP contribution is -2.60.